The van der Waals surface area contributed by atoms with E-state index in [1.165, 1.54) is 11.1 Å². The smallest absolute Gasteiger partial charge is 0.393 e. The lowest BCUT2D eigenvalue weighted by molar-refractivity contribution is -0.143. The first-order valence-electron chi connectivity index (χ1n) is 8.79. The molecule has 3 rings (SSSR count). The van der Waals surface area contributed by atoms with Gasteiger partial charge in [-0.1, -0.05) is 0 Å². The maximum Gasteiger partial charge on any atom is 0.416 e. The van der Waals surface area contributed by atoms with E-state index < -0.39 is 35.1 Å². The van der Waals surface area contributed by atoms with Crippen LogP contribution in [-0.4, -0.2) is 49.9 Å². The van der Waals surface area contributed by atoms with Gasteiger partial charge in [-0.2, -0.15) is 26.3 Å². The third-order valence-electron chi connectivity index (χ3n) is 4.50. The van der Waals surface area contributed by atoms with Crippen LogP contribution >= 0.6 is 0 Å². The van der Waals surface area contributed by atoms with Gasteiger partial charge in [0.1, 0.15) is 6.33 Å². The Morgan fingerprint density at radius 1 is 1.03 bits per heavy atom. The van der Waals surface area contributed by atoms with Crippen molar-refractivity contribution in [1.29, 1.82) is 0 Å². The number of hydrogen-bond acceptors (Lipinski definition) is 4. The minimum absolute atomic E-state index is 0.0224. The van der Waals surface area contributed by atoms with Crippen LogP contribution in [0.15, 0.2) is 30.6 Å². The zero-order valence-corrected chi connectivity index (χ0v) is 15.3. The summed E-state index contributed by atoms with van der Waals surface area (Å²) in [6.45, 7) is 0.745. The van der Waals surface area contributed by atoms with E-state index in [4.69, 9.17) is 0 Å². The molecule has 0 aliphatic carbocycles. The van der Waals surface area contributed by atoms with Gasteiger partial charge < -0.3 is 10.0 Å². The number of halogens is 6. The highest BCUT2D eigenvalue weighted by molar-refractivity contribution is 5.90. The number of likely N-dealkylation sites (tertiary alicyclic amines) is 1. The summed E-state index contributed by atoms with van der Waals surface area (Å²) in [6, 6.07) is 1.08. The Balaban J connectivity index is 1.82. The number of hydrogen-bond donors (Lipinski definition) is 1. The summed E-state index contributed by atoms with van der Waals surface area (Å²) < 4.78 is 78.9. The summed E-state index contributed by atoms with van der Waals surface area (Å²) >= 11 is 0. The molecule has 6 nitrogen and oxygen atoms in total. The molecule has 0 unspecified atom stereocenters. The summed E-state index contributed by atoms with van der Waals surface area (Å²) in [5.41, 5.74) is -3.40. The summed E-state index contributed by atoms with van der Waals surface area (Å²) in [6.07, 6.45) is -6.10. The molecule has 1 amide bonds. The minimum Gasteiger partial charge on any atom is -0.393 e. The Hall–Kier alpha value is -2.89. The Morgan fingerprint density at radius 2 is 1.60 bits per heavy atom. The highest BCUT2D eigenvalue weighted by atomic mass is 19.4. The lowest BCUT2D eigenvalue weighted by Crippen LogP contribution is -2.39. The topological polar surface area (TPSA) is 71.2 Å². The maximum absolute atomic E-state index is 13.0. The van der Waals surface area contributed by atoms with E-state index >= 15 is 0 Å². The van der Waals surface area contributed by atoms with Crippen LogP contribution in [0.1, 0.15) is 24.0 Å². The van der Waals surface area contributed by atoms with Crippen molar-refractivity contribution in [3.63, 3.8) is 0 Å². The first kappa shape index (κ1) is 21.8. The number of aliphatic hydroxyl groups is 1. The van der Waals surface area contributed by atoms with Crippen molar-refractivity contribution in [3.05, 3.63) is 41.7 Å². The molecule has 30 heavy (non-hydrogen) atoms. The number of piperidine rings is 1. The number of nitrogens with zero attached hydrogens (tertiary/aromatic N) is 4. The predicted molar refractivity (Wildman–Crippen MR) is 92.6 cm³/mol. The summed E-state index contributed by atoms with van der Waals surface area (Å²) in [7, 11) is 0. The lowest BCUT2D eigenvalue weighted by atomic mass is 10.0. The number of aromatic nitrogens is 3. The van der Waals surface area contributed by atoms with Crippen LogP contribution in [0.3, 0.4) is 0 Å². The van der Waals surface area contributed by atoms with Gasteiger partial charge in [-0.25, -0.2) is 9.67 Å². The third kappa shape index (κ3) is 5.17. The van der Waals surface area contributed by atoms with Crippen LogP contribution in [0.2, 0.25) is 0 Å². The number of rotatable bonds is 3. The Morgan fingerprint density at radius 3 is 2.13 bits per heavy atom. The molecule has 0 spiro atoms. The van der Waals surface area contributed by atoms with E-state index in [1.54, 1.807) is 0 Å². The fourth-order valence-corrected chi connectivity index (χ4v) is 2.89. The number of benzene rings is 1. The Kier molecular flexibility index (Phi) is 5.88. The number of amides is 1. The van der Waals surface area contributed by atoms with E-state index in [1.807, 2.05) is 0 Å². The zero-order chi connectivity index (χ0) is 22.1. The van der Waals surface area contributed by atoms with Gasteiger partial charge in [-0.05, 0) is 31.0 Å². The molecule has 162 valence electrons. The molecule has 1 aliphatic rings. The van der Waals surface area contributed by atoms with Crippen molar-refractivity contribution < 1.29 is 36.2 Å². The van der Waals surface area contributed by atoms with E-state index in [0.29, 0.717) is 38.1 Å². The summed E-state index contributed by atoms with van der Waals surface area (Å²) in [4.78, 5) is 17.4. The van der Waals surface area contributed by atoms with Gasteiger partial charge in [0.15, 0.2) is 5.82 Å². The van der Waals surface area contributed by atoms with Crippen LogP contribution in [0, 0.1) is 0 Å². The fourth-order valence-electron chi connectivity index (χ4n) is 2.89. The van der Waals surface area contributed by atoms with Gasteiger partial charge >= 0.3 is 12.4 Å². The van der Waals surface area contributed by atoms with Gasteiger partial charge in [-0.3, -0.25) is 4.79 Å². The molecule has 1 saturated heterocycles. The molecule has 1 N–H and O–H groups in total. The van der Waals surface area contributed by atoms with Crippen LogP contribution in [-0.2, 0) is 17.1 Å². The third-order valence-corrected chi connectivity index (χ3v) is 4.50. The molecule has 1 aromatic carbocycles. The van der Waals surface area contributed by atoms with E-state index in [9.17, 15) is 36.2 Å². The van der Waals surface area contributed by atoms with E-state index in [-0.39, 0.29) is 17.8 Å². The van der Waals surface area contributed by atoms with Crippen molar-refractivity contribution in [2.24, 2.45) is 0 Å². The standard InChI is InChI=1S/C18H16F6N4O2/c19-17(20,21)12-7-11(8-13(9-12)18(22,23)24)16-25-10-28(26-16)6-3-15(30)27-4-1-14(29)2-5-27/h3,6-10,14,29H,1-2,4-5H2. The molecular formula is C18H16F6N4O2. The van der Waals surface area contributed by atoms with Crippen molar-refractivity contribution in [2.45, 2.75) is 31.3 Å². The second-order valence-electron chi connectivity index (χ2n) is 6.71. The average molecular weight is 434 g/mol. The molecule has 1 aromatic heterocycles. The largest absolute Gasteiger partial charge is 0.416 e. The molecule has 2 aromatic rings. The highest BCUT2D eigenvalue weighted by Gasteiger charge is 2.37. The quantitative estimate of drug-likeness (QED) is 0.594. The maximum atomic E-state index is 13.0. The minimum atomic E-state index is -4.98. The SMILES string of the molecule is O=C(C=Cn1cnc(-c2cc(C(F)(F)F)cc(C(F)(F)F)c2)n1)N1CCC(O)CC1. The fraction of sp³-hybridized carbons (Fsp3) is 0.389. The Bertz CT molecular complexity index is 911. The molecule has 0 bridgehead atoms. The van der Waals surface area contributed by atoms with E-state index in [2.05, 4.69) is 10.1 Å². The molecule has 0 atom stereocenters. The normalized spacial score (nSPS) is 16.4. The van der Waals surface area contributed by atoms with Gasteiger partial charge in [0.2, 0.25) is 5.91 Å². The average Bonchev–Trinajstić information content (AvgIpc) is 3.14. The molecule has 0 saturated carbocycles. The van der Waals surface area contributed by atoms with Crippen LogP contribution in [0.25, 0.3) is 17.6 Å². The lowest BCUT2D eigenvalue weighted by Gasteiger charge is -2.28. The highest BCUT2D eigenvalue weighted by Crippen LogP contribution is 2.38. The first-order chi connectivity index (χ1) is 13.9. The second kappa shape index (κ2) is 8.09. The molecule has 12 heteroatoms. The van der Waals surface area contributed by atoms with Crippen molar-refractivity contribution in [2.75, 3.05) is 13.1 Å². The predicted octanol–water partition coefficient (Wildman–Crippen LogP) is 3.44. The molecule has 0 radical (unpaired) electrons. The van der Waals surface area contributed by atoms with Crippen LogP contribution < -0.4 is 0 Å². The van der Waals surface area contributed by atoms with Gasteiger partial charge in [0.05, 0.1) is 17.2 Å². The second-order valence-corrected chi connectivity index (χ2v) is 6.71. The molecule has 1 aliphatic heterocycles. The number of carbonyl (C=O) groups excluding carboxylic acids is 1. The molecule has 1 fully saturated rings. The summed E-state index contributed by atoms with van der Waals surface area (Å²) in [5.74, 6) is -0.720. The van der Waals surface area contributed by atoms with Crippen LogP contribution in [0.4, 0.5) is 26.3 Å². The molecular weight excluding hydrogens is 418 g/mol. The Labute approximate surface area is 166 Å². The zero-order valence-electron chi connectivity index (χ0n) is 15.3. The van der Waals surface area contributed by atoms with Gasteiger partial charge in [0, 0.05) is 30.9 Å². The monoisotopic (exact) mass is 434 g/mol. The van der Waals surface area contributed by atoms with Crippen molar-refractivity contribution >= 4 is 12.1 Å². The van der Waals surface area contributed by atoms with Crippen LogP contribution in [0.5, 0.6) is 0 Å². The first-order valence-corrected chi connectivity index (χ1v) is 8.79. The number of aliphatic hydroxyl groups excluding tert-OH is 1. The number of alkyl halides is 6. The van der Waals surface area contributed by atoms with Gasteiger partial charge in [-0.15, -0.1) is 5.10 Å². The molecule has 2 heterocycles. The van der Waals surface area contributed by atoms with Gasteiger partial charge in [0.25, 0.3) is 0 Å². The van der Waals surface area contributed by atoms with E-state index in [0.717, 1.165) is 17.1 Å². The number of carbonyl (C=O) groups is 1. The van der Waals surface area contributed by atoms with Crippen molar-refractivity contribution in [3.8, 4) is 11.4 Å². The van der Waals surface area contributed by atoms with Crippen molar-refractivity contribution in [1.82, 2.24) is 19.7 Å². The summed E-state index contributed by atoms with van der Waals surface area (Å²) in [5, 5.41) is 13.3.